The third kappa shape index (κ3) is 4.70. The first-order chi connectivity index (χ1) is 13.0. The van der Waals surface area contributed by atoms with Gasteiger partial charge in [-0.1, -0.05) is 18.2 Å². The van der Waals surface area contributed by atoms with Crippen molar-refractivity contribution < 1.29 is 17.6 Å². The van der Waals surface area contributed by atoms with Crippen LogP contribution in [-0.4, -0.2) is 43.2 Å². The first-order valence-corrected chi connectivity index (χ1v) is 10.3. The molecule has 0 spiro atoms. The Hall–Kier alpha value is -2.32. The summed E-state index contributed by atoms with van der Waals surface area (Å²) < 4.78 is 40.3. The van der Waals surface area contributed by atoms with Crippen molar-refractivity contribution in [2.45, 2.75) is 24.2 Å². The van der Waals surface area contributed by atoms with Gasteiger partial charge in [0.05, 0.1) is 0 Å². The lowest BCUT2D eigenvalue weighted by molar-refractivity contribution is -0.126. The average Bonchev–Trinajstić information content (AvgIpc) is 2.69. The van der Waals surface area contributed by atoms with E-state index in [1.807, 2.05) is 18.2 Å². The zero-order valence-corrected chi connectivity index (χ0v) is 15.7. The van der Waals surface area contributed by atoms with E-state index in [0.29, 0.717) is 25.8 Å². The summed E-state index contributed by atoms with van der Waals surface area (Å²) in [5.74, 6) is -1.07. The summed E-state index contributed by atoms with van der Waals surface area (Å²) in [4.78, 5) is 16.2. The van der Waals surface area contributed by atoms with Crippen LogP contribution >= 0.6 is 0 Å². The highest BCUT2D eigenvalue weighted by Gasteiger charge is 2.33. The smallest absolute Gasteiger partial charge is 0.245 e. The minimum Gasteiger partial charge on any atom is -0.355 e. The van der Waals surface area contributed by atoms with Crippen molar-refractivity contribution in [2.75, 3.05) is 19.6 Å². The van der Waals surface area contributed by atoms with Crippen LogP contribution in [0.25, 0.3) is 0 Å². The largest absolute Gasteiger partial charge is 0.355 e. The van der Waals surface area contributed by atoms with Crippen molar-refractivity contribution in [2.24, 2.45) is 5.92 Å². The van der Waals surface area contributed by atoms with E-state index in [1.54, 1.807) is 6.20 Å². The van der Waals surface area contributed by atoms with Gasteiger partial charge in [0.25, 0.3) is 0 Å². The average molecular weight is 391 g/mol. The van der Waals surface area contributed by atoms with Crippen molar-refractivity contribution in [3.63, 3.8) is 0 Å². The number of benzene rings is 1. The molecular weight excluding hydrogens is 369 g/mol. The van der Waals surface area contributed by atoms with Crippen molar-refractivity contribution in [1.29, 1.82) is 0 Å². The molecule has 0 bridgehead atoms. The van der Waals surface area contributed by atoms with Gasteiger partial charge in [0, 0.05) is 43.9 Å². The molecule has 8 heteroatoms. The molecule has 0 aliphatic carbocycles. The molecule has 1 amide bonds. The molecule has 2 heterocycles. The summed E-state index contributed by atoms with van der Waals surface area (Å²) in [6.07, 6.45) is 3.20. The highest BCUT2D eigenvalue weighted by atomic mass is 32.2. The molecule has 1 saturated heterocycles. The molecule has 1 fully saturated rings. The molecule has 0 atom stereocenters. The van der Waals surface area contributed by atoms with Crippen LogP contribution in [0.1, 0.15) is 18.5 Å². The molecule has 1 aromatic heterocycles. The first kappa shape index (κ1) is 19.4. The fraction of sp³-hybridized carbons (Fsp3) is 0.368. The molecule has 6 nitrogen and oxygen atoms in total. The van der Waals surface area contributed by atoms with Gasteiger partial charge in [-0.15, -0.1) is 0 Å². The number of carbonyl (C=O) groups excluding carboxylic acids is 1. The van der Waals surface area contributed by atoms with E-state index >= 15 is 0 Å². The standard InChI is InChI=1S/C19H22FN3O3S/c20-17-6-1-2-7-18(17)27(25,26)23-13-9-15(10-14-23)19(24)22-12-8-16-5-3-4-11-21-16/h1-7,11,15H,8-10,12-14H2,(H,22,24). The summed E-state index contributed by atoms with van der Waals surface area (Å²) in [7, 11) is -3.88. The van der Waals surface area contributed by atoms with Crippen LogP contribution in [0.5, 0.6) is 0 Å². The van der Waals surface area contributed by atoms with Crippen LogP contribution in [0.3, 0.4) is 0 Å². The summed E-state index contributed by atoms with van der Waals surface area (Å²) in [5.41, 5.74) is 0.906. The van der Waals surface area contributed by atoms with Gasteiger partial charge in [-0.25, -0.2) is 12.8 Å². The van der Waals surface area contributed by atoms with Crippen LogP contribution < -0.4 is 5.32 Å². The quantitative estimate of drug-likeness (QED) is 0.817. The van der Waals surface area contributed by atoms with E-state index in [1.165, 1.54) is 22.5 Å². The molecule has 0 radical (unpaired) electrons. The van der Waals surface area contributed by atoms with Crippen LogP contribution in [-0.2, 0) is 21.2 Å². The molecule has 2 aromatic rings. The molecule has 0 saturated carbocycles. The summed E-state index contributed by atoms with van der Waals surface area (Å²) >= 11 is 0. The summed E-state index contributed by atoms with van der Waals surface area (Å²) in [6.45, 7) is 0.896. The normalized spacial score (nSPS) is 16.2. The molecule has 1 aliphatic rings. The number of hydrogen-bond acceptors (Lipinski definition) is 4. The lowest BCUT2D eigenvalue weighted by Gasteiger charge is -2.30. The number of sulfonamides is 1. The summed E-state index contributed by atoms with van der Waals surface area (Å²) in [6, 6.07) is 11.0. The second-order valence-electron chi connectivity index (χ2n) is 6.47. The van der Waals surface area contributed by atoms with Crippen molar-refractivity contribution in [3.05, 3.63) is 60.2 Å². The van der Waals surface area contributed by atoms with Gasteiger partial charge in [0.15, 0.2) is 0 Å². The number of halogens is 1. The van der Waals surface area contributed by atoms with Crippen molar-refractivity contribution in [3.8, 4) is 0 Å². The third-order valence-electron chi connectivity index (χ3n) is 4.69. The lowest BCUT2D eigenvalue weighted by atomic mass is 9.97. The highest BCUT2D eigenvalue weighted by molar-refractivity contribution is 7.89. The molecule has 1 aromatic carbocycles. The number of amides is 1. The monoisotopic (exact) mass is 391 g/mol. The van der Waals surface area contributed by atoms with Crippen molar-refractivity contribution >= 4 is 15.9 Å². The maximum absolute atomic E-state index is 13.8. The predicted molar refractivity (Wildman–Crippen MR) is 98.8 cm³/mol. The Labute approximate surface area is 158 Å². The number of hydrogen-bond donors (Lipinski definition) is 1. The first-order valence-electron chi connectivity index (χ1n) is 8.91. The van der Waals surface area contributed by atoms with E-state index in [4.69, 9.17) is 0 Å². The van der Waals surface area contributed by atoms with E-state index in [0.717, 1.165) is 11.8 Å². The predicted octanol–water partition coefficient (Wildman–Crippen LogP) is 1.98. The van der Waals surface area contributed by atoms with E-state index in [9.17, 15) is 17.6 Å². The summed E-state index contributed by atoms with van der Waals surface area (Å²) in [5, 5.41) is 2.89. The minimum atomic E-state index is -3.88. The van der Waals surface area contributed by atoms with Crippen LogP contribution in [0.2, 0.25) is 0 Å². The number of nitrogens with zero attached hydrogens (tertiary/aromatic N) is 2. The minimum absolute atomic E-state index is 0.0751. The van der Waals surface area contributed by atoms with Gasteiger partial charge in [0.2, 0.25) is 15.9 Å². The highest BCUT2D eigenvalue weighted by Crippen LogP contribution is 2.25. The van der Waals surface area contributed by atoms with Gasteiger partial charge in [-0.05, 0) is 37.1 Å². The fourth-order valence-corrected chi connectivity index (χ4v) is 4.69. The van der Waals surface area contributed by atoms with Crippen LogP contribution in [0, 0.1) is 11.7 Å². The van der Waals surface area contributed by atoms with Gasteiger partial charge >= 0.3 is 0 Å². The Morgan fingerprint density at radius 3 is 2.52 bits per heavy atom. The van der Waals surface area contributed by atoms with Gasteiger partial charge in [-0.2, -0.15) is 4.31 Å². The topological polar surface area (TPSA) is 79.4 Å². The molecule has 1 aliphatic heterocycles. The maximum atomic E-state index is 13.8. The number of piperidine rings is 1. The van der Waals surface area contributed by atoms with E-state index < -0.39 is 15.8 Å². The van der Waals surface area contributed by atoms with Crippen molar-refractivity contribution in [1.82, 2.24) is 14.6 Å². The Morgan fingerprint density at radius 2 is 1.85 bits per heavy atom. The Morgan fingerprint density at radius 1 is 1.15 bits per heavy atom. The molecule has 144 valence electrons. The number of nitrogens with one attached hydrogen (secondary N) is 1. The molecular formula is C19H22FN3O3S. The van der Waals surface area contributed by atoms with E-state index in [-0.39, 0.29) is 29.8 Å². The third-order valence-corrected chi connectivity index (χ3v) is 6.62. The Kier molecular flexibility index (Phi) is 6.18. The van der Waals surface area contributed by atoms with Gasteiger partial charge < -0.3 is 5.32 Å². The SMILES string of the molecule is O=C(NCCc1ccccn1)C1CCN(S(=O)(=O)c2ccccc2F)CC1. The molecule has 0 unspecified atom stereocenters. The zero-order chi connectivity index (χ0) is 19.3. The maximum Gasteiger partial charge on any atom is 0.245 e. The number of rotatable bonds is 6. The zero-order valence-electron chi connectivity index (χ0n) is 14.8. The second kappa shape index (κ2) is 8.58. The second-order valence-corrected chi connectivity index (χ2v) is 8.38. The fourth-order valence-electron chi connectivity index (χ4n) is 3.16. The van der Waals surface area contributed by atoms with Gasteiger partial charge in [-0.3, -0.25) is 9.78 Å². The van der Waals surface area contributed by atoms with Crippen LogP contribution in [0.15, 0.2) is 53.6 Å². The Balaban J connectivity index is 1.51. The number of aromatic nitrogens is 1. The molecule has 3 rings (SSSR count). The van der Waals surface area contributed by atoms with Gasteiger partial charge in [0.1, 0.15) is 10.7 Å². The number of pyridine rings is 1. The lowest BCUT2D eigenvalue weighted by Crippen LogP contribution is -2.43. The molecule has 1 N–H and O–H groups in total. The Bertz CT molecular complexity index is 882. The molecule has 27 heavy (non-hydrogen) atoms. The van der Waals surface area contributed by atoms with Crippen LogP contribution in [0.4, 0.5) is 4.39 Å². The number of carbonyl (C=O) groups is 1. The van der Waals surface area contributed by atoms with E-state index in [2.05, 4.69) is 10.3 Å².